The van der Waals surface area contributed by atoms with Crippen LogP contribution in [0.1, 0.15) is 36.6 Å². The van der Waals surface area contributed by atoms with Crippen LogP contribution < -0.4 is 10.1 Å². The number of hydrogen-bond acceptors (Lipinski definition) is 4. The third-order valence-electron chi connectivity index (χ3n) is 6.60. The Balaban J connectivity index is 1.86. The summed E-state index contributed by atoms with van der Waals surface area (Å²) < 4.78 is 87.0. The zero-order valence-electron chi connectivity index (χ0n) is 17.7. The zero-order chi connectivity index (χ0) is 24.6. The summed E-state index contributed by atoms with van der Waals surface area (Å²) in [6.07, 6.45) is -11.9. The molecule has 2 aliphatic rings. The van der Waals surface area contributed by atoms with Gasteiger partial charge in [0.25, 0.3) is 5.60 Å². The van der Waals surface area contributed by atoms with Gasteiger partial charge in [-0.2, -0.15) is 26.3 Å². The molecule has 2 atom stereocenters. The Kier molecular flexibility index (Phi) is 5.73. The number of hydrogen-bond donors (Lipinski definition) is 2. The normalized spacial score (nSPS) is 22.0. The van der Waals surface area contributed by atoms with E-state index in [1.807, 2.05) is 12.1 Å². The maximum atomic E-state index is 13.4. The van der Waals surface area contributed by atoms with Gasteiger partial charge in [-0.3, -0.25) is 0 Å². The second-order valence-electron chi connectivity index (χ2n) is 8.75. The van der Waals surface area contributed by atoms with E-state index in [9.17, 15) is 31.4 Å². The number of benzene rings is 2. The van der Waals surface area contributed by atoms with Crippen molar-refractivity contribution in [1.29, 1.82) is 0 Å². The minimum absolute atomic E-state index is 0.151. The third-order valence-corrected chi connectivity index (χ3v) is 8.31. The molecular formula is C22H20BrF6NO2S. The number of alkyl halides is 6. The molecule has 4 rings (SSSR count). The van der Waals surface area contributed by atoms with Crippen molar-refractivity contribution in [3.05, 3.63) is 51.5 Å². The number of methoxy groups -OCH3 is 1. The minimum Gasteiger partial charge on any atom is -0.496 e. The van der Waals surface area contributed by atoms with Crippen molar-refractivity contribution in [3.63, 3.8) is 0 Å². The van der Waals surface area contributed by atoms with Gasteiger partial charge in [-0.15, -0.1) is 11.8 Å². The lowest BCUT2D eigenvalue weighted by Gasteiger charge is -2.49. The summed E-state index contributed by atoms with van der Waals surface area (Å²) in [5.41, 5.74) is -5.35. The molecule has 0 spiro atoms. The van der Waals surface area contributed by atoms with Crippen LogP contribution in [0.2, 0.25) is 0 Å². The smallest absolute Gasteiger partial charge is 0.430 e. The van der Waals surface area contributed by atoms with Crippen molar-refractivity contribution in [2.45, 2.75) is 48.2 Å². The number of rotatable bonds is 2. The molecule has 3 nitrogen and oxygen atoms in total. The average Bonchev–Trinajstić information content (AvgIpc) is 2.70. The molecule has 2 aliphatic heterocycles. The van der Waals surface area contributed by atoms with E-state index in [1.54, 1.807) is 21.0 Å². The molecule has 0 radical (unpaired) electrons. The standard InChI is InChI=1S/C22H20BrF6NO2S/c1-19(2)13-6-10(20(31,21(24,25)26)22(27,28)29)4-5-15(13)30-17-12-7-11(23)8-16(32-3)18(12)33-9-14(17)19/h4-8,14,17,30-31H,9H2,1-3H3/t14-,17+/m1/s1. The van der Waals surface area contributed by atoms with Crippen molar-refractivity contribution in [2.24, 2.45) is 5.92 Å². The van der Waals surface area contributed by atoms with E-state index in [4.69, 9.17) is 4.74 Å². The Morgan fingerprint density at radius 1 is 1.09 bits per heavy atom. The molecule has 0 saturated heterocycles. The number of halogens is 7. The van der Waals surface area contributed by atoms with Gasteiger partial charge in [-0.25, -0.2) is 0 Å². The molecule has 2 aromatic rings. The molecule has 0 unspecified atom stereocenters. The van der Waals surface area contributed by atoms with Gasteiger partial charge in [0.05, 0.1) is 18.0 Å². The lowest BCUT2D eigenvalue weighted by Crippen LogP contribution is -2.54. The Bertz CT molecular complexity index is 1090. The monoisotopic (exact) mass is 555 g/mol. The SMILES string of the molecule is COc1cc(Br)cc2c1SC[C@@H]1[C@H]2Nc2ccc(C(O)(C(F)(F)F)C(F)(F)F)cc2C1(C)C. The quantitative estimate of drug-likeness (QED) is 0.394. The summed E-state index contributed by atoms with van der Waals surface area (Å²) in [6, 6.07) is 6.25. The molecule has 2 heterocycles. The van der Waals surface area contributed by atoms with Crippen molar-refractivity contribution in [3.8, 4) is 5.75 Å². The maximum absolute atomic E-state index is 13.4. The van der Waals surface area contributed by atoms with Crippen molar-refractivity contribution < 1.29 is 36.2 Å². The number of ether oxygens (including phenoxy) is 1. The summed E-state index contributed by atoms with van der Waals surface area (Å²) in [7, 11) is 1.56. The zero-order valence-corrected chi connectivity index (χ0v) is 20.1. The Morgan fingerprint density at radius 2 is 1.73 bits per heavy atom. The van der Waals surface area contributed by atoms with Crippen LogP contribution in [0.15, 0.2) is 39.7 Å². The average molecular weight is 556 g/mol. The highest BCUT2D eigenvalue weighted by Gasteiger charge is 2.71. The highest BCUT2D eigenvalue weighted by Crippen LogP contribution is 2.57. The van der Waals surface area contributed by atoms with Crippen LogP contribution in [-0.4, -0.2) is 30.3 Å². The lowest BCUT2D eigenvalue weighted by molar-refractivity contribution is -0.376. The van der Waals surface area contributed by atoms with Gasteiger partial charge in [0.15, 0.2) is 0 Å². The predicted molar refractivity (Wildman–Crippen MR) is 117 cm³/mol. The van der Waals surface area contributed by atoms with Gasteiger partial charge in [0.1, 0.15) is 5.75 Å². The van der Waals surface area contributed by atoms with E-state index in [2.05, 4.69) is 21.2 Å². The fraction of sp³-hybridized carbons (Fsp3) is 0.455. The number of anilines is 1. The molecule has 33 heavy (non-hydrogen) atoms. The molecule has 0 bridgehead atoms. The largest absolute Gasteiger partial charge is 0.496 e. The first kappa shape index (κ1) is 24.5. The van der Waals surface area contributed by atoms with Crippen LogP contribution in [0.4, 0.5) is 32.0 Å². The van der Waals surface area contributed by atoms with E-state index in [-0.39, 0.29) is 12.0 Å². The molecule has 0 saturated carbocycles. The van der Waals surface area contributed by atoms with Gasteiger partial charge >= 0.3 is 12.4 Å². The summed E-state index contributed by atoms with van der Waals surface area (Å²) in [4.78, 5) is 0.939. The summed E-state index contributed by atoms with van der Waals surface area (Å²) in [6.45, 7) is 3.60. The van der Waals surface area contributed by atoms with Crippen LogP contribution in [-0.2, 0) is 11.0 Å². The van der Waals surface area contributed by atoms with Crippen LogP contribution in [0, 0.1) is 5.92 Å². The Labute approximate surface area is 199 Å². The number of aliphatic hydroxyl groups is 1. The van der Waals surface area contributed by atoms with E-state index in [0.717, 1.165) is 21.0 Å². The number of fused-ring (bicyclic) bond motifs is 4. The molecule has 0 aromatic heterocycles. The van der Waals surface area contributed by atoms with Gasteiger partial charge in [0, 0.05) is 27.4 Å². The lowest BCUT2D eigenvalue weighted by atomic mass is 9.65. The van der Waals surface area contributed by atoms with Crippen LogP contribution in [0.5, 0.6) is 5.75 Å². The Morgan fingerprint density at radius 3 is 2.30 bits per heavy atom. The second-order valence-corrected chi connectivity index (χ2v) is 10.7. The topological polar surface area (TPSA) is 41.5 Å². The second kappa shape index (κ2) is 7.71. The van der Waals surface area contributed by atoms with E-state index in [1.165, 1.54) is 17.8 Å². The summed E-state index contributed by atoms with van der Waals surface area (Å²) >= 11 is 5.00. The molecular weight excluding hydrogens is 536 g/mol. The molecule has 0 aliphatic carbocycles. The Hall–Kier alpha value is -1.59. The highest BCUT2D eigenvalue weighted by molar-refractivity contribution is 9.10. The molecule has 2 N–H and O–H groups in total. The first-order chi connectivity index (χ1) is 15.1. The fourth-order valence-corrected chi connectivity index (χ4v) is 6.75. The van der Waals surface area contributed by atoms with Crippen molar-refractivity contribution in [2.75, 3.05) is 18.2 Å². The first-order valence-electron chi connectivity index (χ1n) is 9.90. The molecule has 11 heteroatoms. The maximum Gasteiger partial charge on any atom is 0.430 e. The first-order valence-corrected chi connectivity index (χ1v) is 11.7. The minimum atomic E-state index is -5.93. The molecule has 180 valence electrons. The number of thioether (sulfide) groups is 1. The third kappa shape index (κ3) is 3.61. The summed E-state index contributed by atoms with van der Waals surface area (Å²) in [5, 5.41) is 13.2. The van der Waals surface area contributed by atoms with E-state index >= 15 is 0 Å². The summed E-state index contributed by atoms with van der Waals surface area (Å²) in [5.74, 6) is 1.10. The van der Waals surface area contributed by atoms with Crippen molar-refractivity contribution >= 4 is 33.4 Å². The van der Waals surface area contributed by atoms with E-state index in [0.29, 0.717) is 28.8 Å². The molecule has 0 amide bonds. The van der Waals surface area contributed by atoms with E-state index < -0.39 is 28.9 Å². The predicted octanol–water partition coefficient (Wildman–Crippen LogP) is 6.94. The van der Waals surface area contributed by atoms with Crippen molar-refractivity contribution in [1.82, 2.24) is 0 Å². The molecule has 2 aromatic carbocycles. The van der Waals surface area contributed by atoms with Gasteiger partial charge in [-0.1, -0.05) is 35.8 Å². The van der Waals surface area contributed by atoms with Crippen LogP contribution in [0.3, 0.4) is 0 Å². The fourth-order valence-electron chi connectivity index (χ4n) is 4.70. The van der Waals surface area contributed by atoms with Crippen LogP contribution >= 0.6 is 27.7 Å². The molecule has 0 fully saturated rings. The van der Waals surface area contributed by atoms with Gasteiger partial charge in [-0.05, 0) is 40.8 Å². The van der Waals surface area contributed by atoms with Crippen LogP contribution in [0.25, 0.3) is 0 Å². The van der Waals surface area contributed by atoms with Gasteiger partial charge in [0.2, 0.25) is 0 Å². The van der Waals surface area contributed by atoms with Gasteiger partial charge < -0.3 is 15.2 Å². The highest BCUT2D eigenvalue weighted by atomic mass is 79.9. The number of nitrogens with one attached hydrogen (secondary N) is 1.